The standard InChI is InChI=1S/C27H30F3N5O/c28-27(29,30)23-12-11-20(25(35-23)31-16-26(36)13-4-1-5-14-26)22-15-24(33-17-32-22)34-21-10-6-8-18-7-2-3-9-19(18)21/h6,8,10-12,15,17,36H,1-5,7,9,13-14,16H2,(H,31,35)(H,32,33,34). The van der Waals surface area contributed by atoms with Crippen LogP contribution in [-0.4, -0.2) is 32.2 Å². The van der Waals surface area contributed by atoms with Gasteiger partial charge in [0.1, 0.15) is 23.7 Å². The van der Waals surface area contributed by atoms with E-state index < -0.39 is 17.5 Å². The molecule has 0 atom stereocenters. The van der Waals surface area contributed by atoms with Crippen LogP contribution in [0, 0.1) is 0 Å². The van der Waals surface area contributed by atoms with Crippen molar-refractivity contribution >= 4 is 17.3 Å². The largest absolute Gasteiger partial charge is 0.433 e. The first-order chi connectivity index (χ1) is 17.3. The highest BCUT2D eigenvalue weighted by Gasteiger charge is 2.34. The highest BCUT2D eigenvalue weighted by Crippen LogP contribution is 2.35. The minimum atomic E-state index is -4.58. The predicted octanol–water partition coefficient (Wildman–Crippen LogP) is 6.29. The van der Waals surface area contributed by atoms with Crippen molar-refractivity contribution in [3.63, 3.8) is 0 Å². The number of alkyl halides is 3. The molecule has 0 spiro atoms. The molecule has 190 valence electrons. The molecule has 2 aliphatic carbocycles. The Morgan fingerprint density at radius 2 is 1.75 bits per heavy atom. The first kappa shape index (κ1) is 24.5. The van der Waals surface area contributed by atoms with Crippen molar-refractivity contribution in [1.82, 2.24) is 15.0 Å². The number of halogens is 3. The van der Waals surface area contributed by atoms with E-state index in [9.17, 15) is 18.3 Å². The molecule has 1 aromatic carbocycles. The number of rotatable bonds is 6. The summed E-state index contributed by atoms with van der Waals surface area (Å²) in [6, 6.07) is 10.2. The van der Waals surface area contributed by atoms with Gasteiger partial charge in [-0.15, -0.1) is 0 Å². The molecule has 6 nitrogen and oxygen atoms in total. The number of aliphatic hydroxyl groups is 1. The molecule has 3 aromatic rings. The Kier molecular flexibility index (Phi) is 6.83. The van der Waals surface area contributed by atoms with E-state index in [4.69, 9.17) is 0 Å². The summed E-state index contributed by atoms with van der Waals surface area (Å²) in [5.41, 5.74) is 2.51. The molecule has 5 rings (SSSR count). The zero-order valence-corrected chi connectivity index (χ0v) is 20.0. The highest BCUT2D eigenvalue weighted by molar-refractivity contribution is 5.75. The van der Waals surface area contributed by atoms with Crippen LogP contribution in [0.2, 0.25) is 0 Å². The van der Waals surface area contributed by atoms with Crippen LogP contribution in [0.15, 0.2) is 42.7 Å². The lowest BCUT2D eigenvalue weighted by Gasteiger charge is -2.32. The molecule has 2 aromatic heterocycles. The van der Waals surface area contributed by atoms with Gasteiger partial charge in [0.15, 0.2) is 0 Å². The first-order valence-corrected chi connectivity index (χ1v) is 12.6. The summed E-state index contributed by atoms with van der Waals surface area (Å²) >= 11 is 0. The van der Waals surface area contributed by atoms with Crippen LogP contribution in [0.3, 0.4) is 0 Å². The fraction of sp³-hybridized carbons (Fsp3) is 0.444. The number of hydrogen-bond donors (Lipinski definition) is 3. The van der Waals surface area contributed by atoms with Crippen LogP contribution in [0.25, 0.3) is 11.3 Å². The number of aromatic nitrogens is 3. The maximum Gasteiger partial charge on any atom is 0.433 e. The number of anilines is 3. The molecule has 0 unspecified atom stereocenters. The Morgan fingerprint density at radius 1 is 0.944 bits per heavy atom. The predicted molar refractivity (Wildman–Crippen MR) is 133 cm³/mol. The topological polar surface area (TPSA) is 83.0 Å². The van der Waals surface area contributed by atoms with Gasteiger partial charge in [-0.3, -0.25) is 0 Å². The molecule has 0 saturated heterocycles. The van der Waals surface area contributed by atoms with Crippen molar-refractivity contribution in [2.75, 3.05) is 17.2 Å². The SMILES string of the molecule is OC1(CNc2nc(C(F)(F)F)ccc2-c2cc(Nc3cccc4c3CCCC4)ncn2)CCCCC1. The average molecular weight is 498 g/mol. The maximum absolute atomic E-state index is 13.4. The zero-order chi connectivity index (χ0) is 25.2. The van der Waals surface area contributed by atoms with Crippen molar-refractivity contribution in [2.45, 2.75) is 69.6 Å². The average Bonchev–Trinajstić information content (AvgIpc) is 2.88. The minimum absolute atomic E-state index is 0.0468. The number of pyridine rings is 1. The van der Waals surface area contributed by atoms with Gasteiger partial charge in [-0.25, -0.2) is 15.0 Å². The van der Waals surface area contributed by atoms with Crippen LogP contribution in [0.4, 0.5) is 30.5 Å². The lowest BCUT2D eigenvalue weighted by atomic mass is 9.85. The number of nitrogens with zero attached hydrogens (tertiary/aromatic N) is 3. The lowest BCUT2D eigenvalue weighted by molar-refractivity contribution is -0.141. The quantitative estimate of drug-likeness (QED) is 0.371. The zero-order valence-electron chi connectivity index (χ0n) is 20.0. The second-order valence-electron chi connectivity index (χ2n) is 9.79. The fourth-order valence-corrected chi connectivity index (χ4v) is 5.20. The molecule has 2 aliphatic rings. The van der Waals surface area contributed by atoms with E-state index in [1.165, 1.54) is 29.9 Å². The van der Waals surface area contributed by atoms with E-state index in [0.29, 0.717) is 29.9 Å². The second-order valence-corrected chi connectivity index (χ2v) is 9.79. The molecule has 36 heavy (non-hydrogen) atoms. The number of hydrogen-bond acceptors (Lipinski definition) is 6. The number of benzene rings is 1. The maximum atomic E-state index is 13.4. The molecule has 1 fully saturated rings. The van der Waals surface area contributed by atoms with Gasteiger partial charge in [0.2, 0.25) is 0 Å². The van der Waals surface area contributed by atoms with E-state index in [2.05, 4.69) is 31.7 Å². The van der Waals surface area contributed by atoms with Crippen LogP contribution >= 0.6 is 0 Å². The van der Waals surface area contributed by atoms with E-state index >= 15 is 0 Å². The Bertz CT molecular complexity index is 1220. The molecule has 0 amide bonds. The van der Waals surface area contributed by atoms with Crippen molar-refractivity contribution in [3.8, 4) is 11.3 Å². The van der Waals surface area contributed by atoms with Gasteiger partial charge in [0.05, 0.1) is 11.3 Å². The van der Waals surface area contributed by atoms with Crippen LogP contribution < -0.4 is 10.6 Å². The number of nitrogens with one attached hydrogen (secondary N) is 2. The van der Waals surface area contributed by atoms with Gasteiger partial charge in [-0.2, -0.15) is 13.2 Å². The Morgan fingerprint density at radius 3 is 2.56 bits per heavy atom. The molecule has 9 heteroatoms. The van der Waals surface area contributed by atoms with Gasteiger partial charge in [0.25, 0.3) is 0 Å². The molecule has 2 heterocycles. The van der Waals surface area contributed by atoms with Gasteiger partial charge < -0.3 is 15.7 Å². The number of aryl methyl sites for hydroxylation is 1. The van der Waals surface area contributed by atoms with Gasteiger partial charge in [-0.1, -0.05) is 31.4 Å². The Balaban J connectivity index is 1.45. The van der Waals surface area contributed by atoms with Crippen LogP contribution in [0.1, 0.15) is 61.8 Å². The van der Waals surface area contributed by atoms with Crippen molar-refractivity contribution in [1.29, 1.82) is 0 Å². The molecule has 1 saturated carbocycles. The summed E-state index contributed by atoms with van der Waals surface area (Å²) in [4.78, 5) is 12.6. The molecule has 0 aliphatic heterocycles. The summed E-state index contributed by atoms with van der Waals surface area (Å²) in [6.45, 7) is 0.126. The first-order valence-electron chi connectivity index (χ1n) is 12.6. The fourth-order valence-electron chi connectivity index (χ4n) is 5.20. The Labute approximate surface area is 208 Å². The van der Waals surface area contributed by atoms with Gasteiger partial charge >= 0.3 is 6.18 Å². The smallest absolute Gasteiger partial charge is 0.388 e. The third-order valence-electron chi connectivity index (χ3n) is 7.16. The third kappa shape index (κ3) is 5.46. The van der Waals surface area contributed by atoms with Crippen molar-refractivity contribution < 1.29 is 18.3 Å². The summed E-state index contributed by atoms with van der Waals surface area (Å²) < 4.78 is 40.3. The minimum Gasteiger partial charge on any atom is -0.388 e. The second kappa shape index (κ2) is 10.0. The van der Waals surface area contributed by atoms with E-state index in [1.54, 1.807) is 6.07 Å². The highest BCUT2D eigenvalue weighted by atomic mass is 19.4. The summed E-state index contributed by atoms with van der Waals surface area (Å²) in [5.74, 6) is 0.598. The summed E-state index contributed by atoms with van der Waals surface area (Å²) in [7, 11) is 0. The molecular weight excluding hydrogens is 467 g/mol. The normalized spacial score (nSPS) is 17.3. The molecule has 0 radical (unpaired) electrons. The number of fused-ring (bicyclic) bond motifs is 1. The van der Waals surface area contributed by atoms with Crippen molar-refractivity contribution in [2.24, 2.45) is 0 Å². The lowest BCUT2D eigenvalue weighted by Crippen LogP contribution is -2.39. The van der Waals surface area contributed by atoms with Crippen molar-refractivity contribution in [3.05, 3.63) is 59.5 Å². The van der Waals surface area contributed by atoms with E-state index in [-0.39, 0.29) is 12.4 Å². The molecular formula is C27H30F3N5O. The Hall–Kier alpha value is -3.20. The van der Waals surface area contributed by atoms with Gasteiger partial charge in [-0.05, 0) is 67.9 Å². The van der Waals surface area contributed by atoms with Gasteiger partial charge in [0, 0.05) is 23.9 Å². The molecule has 0 bridgehead atoms. The molecule has 3 N–H and O–H groups in total. The third-order valence-corrected chi connectivity index (χ3v) is 7.16. The summed E-state index contributed by atoms with van der Waals surface area (Å²) in [5, 5.41) is 17.3. The van der Waals surface area contributed by atoms with Crippen LogP contribution in [-0.2, 0) is 19.0 Å². The summed E-state index contributed by atoms with van der Waals surface area (Å²) in [6.07, 6.45) is 5.24. The van der Waals surface area contributed by atoms with E-state index in [0.717, 1.165) is 50.3 Å². The monoisotopic (exact) mass is 497 g/mol. The van der Waals surface area contributed by atoms with Crippen LogP contribution in [0.5, 0.6) is 0 Å². The van der Waals surface area contributed by atoms with E-state index in [1.807, 2.05) is 12.1 Å².